The Kier molecular flexibility index (Phi) is 9.35. The molecule has 10 atom stereocenters. The van der Waals surface area contributed by atoms with E-state index in [1.54, 1.807) is 13.0 Å². The zero-order chi connectivity index (χ0) is 31.7. The van der Waals surface area contributed by atoms with Crippen LogP contribution in [0.4, 0.5) is 0 Å². The highest BCUT2D eigenvalue weighted by molar-refractivity contribution is 5.89. The number of hydrogen-bond acceptors (Lipinski definition) is 8. The molecule has 2 aliphatic carbocycles. The Balaban J connectivity index is 2.00. The summed E-state index contributed by atoms with van der Waals surface area (Å²) in [6.07, 6.45) is 4.46. The highest BCUT2D eigenvalue weighted by Crippen LogP contribution is 2.59. The first kappa shape index (κ1) is 32.2. The number of nitrogens with one attached hydrogen (secondary N) is 1. The first-order valence-electron chi connectivity index (χ1n) is 14.8. The number of amides is 1. The Hall–Kier alpha value is -3.72. The molecule has 1 saturated heterocycles. The lowest BCUT2D eigenvalue weighted by atomic mass is 9.51. The number of benzene rings is 1. The highest BCUT2D eigenvalue weighted by atomic mass is 16.6. The summed E-state index contributed by atoms with van der Waals surface area (Å²) in [5, 5.41) is 14.6. The summed E-state index contributed by atoms with van der Waals surface area (Å²) in [6, 6.07) is 9.42. The molecule has 0 aromatic heterocycles. The molecule has 0 bridgehead atoms. The summed E-state index contributed by atoms with van der Waals surface area (Å²) in [7, 11) is 0. The van der Waals surface area contributed by atoms with Crippen LogP contribution in [-0.4, -0.2) is 58.9 Å². The van der Waals surface area contributed by atoms with Gasteiger partial charge in [0.2, 0.25) is 5.91 Å². The maximum absolute atomic E-state index is 14.6. The number of ether oxygens (including phenoxy) is 3. The average Bonchev–Trinajstić information content (AvgIpc) is 3.21. The van der Waals surface area contributed by atoms with Crippen molar-refractivity contribution in [3.63, 3.8) is 0 Å². The first-order chi connectivity index (χ1) is 20.2. The fraction of sp³-hybridized carbons (Fsp3) is 0.529. The SMILES string of the molecule is C=C1[C@@H](C)[C@H]2[C@H](Cc3ccccc3)NC(=O)[C@]23[C@H](OC(C)=O)/C=C/[C@@](C)(OC(C)=O)[C@@H](O)[C@@H](C)C/C=C/[C@H]3[C@@H]1OC(C)=O. The van der Waals surface area contributed by atoms with Crippen LogP contribution in [0.3, 0.4) is 0 Å². The summed E-state index contributed by atoms with van der Waals surface area (Å²) in [4.78, 5) is 51.9. The van der Waals surface area contributed by atoms with Gasteiger partial charge in [-0.15, -0.1) is 0 Å². The van der Waals surface area contributed by atoms with E-state index in [0.717, 1.165) is 5.56 Å². The molecule has 3 aliphatic rings. The topological polar surface area (TPSA) is 128 Å². The van der Waals surface area contributed by atoms with Crippen LogP contribution in [0.1, 0.15) is 53.5 Å². The van der Waals surface area contributed by atoms with Gasteiger partial charge < -0.3 is 24.6 Å². The first-order valence-corrected chi connectivity index (χ1v) is 14.8. The molecule has 2 N–H and O–H groups in total. The largest absolute Gasteiger partial charge is 0.457 e. The molecular weight excluding hydrogens is 550 g/mol. The molecule has 9 nitrogen and oxygen atoms in total. The van der Waals surface area contributed by atoms with E-state index in [9.17, 15) is 24.3 Å². The molecule has 1 saturated carbocycles. The van der Waals surface area contributed by atoms with E-state index in [0.29, 0.717) is 18.4 Å². The Morgan fingerprint density at radius 3 is 2.28 bits per heavy atom. The van der Waals surface area contributed by atoms with Crippen molar-refractivity contribution in [2.75, 3.05) is 0 Å². The highest BCUT2D eigenvalue weighted by Gasteiger charge is 2.69. The van der Waals surface area contributed by atoms with E-state index in [4.69, 9.17) is 14.2 Å². The number of aliphatic hydroxyl groups excluding tert-OH is 1. The van der Waals surface area contributed by atoms with E-state index >= 15 is 0 Å². The maximum Gasteiger partial charge on any atom is 0.303 e. The molecule has 1 amide bonds. The Morgan fingerprint density at radius 2 is 1.67 bits per heavy atom. The molecule has 1 spiro atoms. The van der Waals surface area contributed by atoms with Gasteiger partial charge in [0.1, 0.15) is 17.6 Å². The van der Waals surface area contributed by atoms with E-state index in [-0.39, 0.29) is 23.8 Å². The predicted molar refractivity (Wildman–Crippen MR) is 159 cm³/mol. The minimum absolute atomic E-state index is 0.331. The molecular formula is C34H43NO8. The zero-order valence-electron chi connectivity index (χ0n) is 25.7. The van der Waals surface area contributed by atoms with Crippen LogP contribution in [0.15, 0.2) is 66.8 Å². The molecule has 232 valence electrons. The minimum Gasteiger partial charge on any atom is -0.457 e. The van der Waals surface area contributed by atoms with Crippen molar-refractivity contribution in [1.82, 2.24) is 5.32 Å². The second-order valence-electron chi connectivity index (χ2n) is 12.4. The average molecular weight is 594 g/mol. The van der Waals surface area contributed by atoms with Crippen LogP contribution in [0.5, 0.6) is 0 Å². The Labute approximate surface area is 253 Å². The number of esters is 3. The molecule has 2 fully saturated rings. The van der Waals surface area contributed by atoms with Gasteiger partial charge in [-0.3, -0.25) is 19.2 Å². The molecule has 9 heteroatoms. The predicted octanol–water partition coefficient (Wildman–Crippen LogP) is 3.85. The van der Waals surface area contributed by atoms with E-state index in [1.807, 2.05) is 56.3 Å². The summed E-state index contributed by atoms with van der Waals surface area (Å²) in [5.41, 5.74) is -1.24. The van der Waals surface area contributed by atoms with Gasteiger partial charge in [-0.2, -0.15) is 0 Å². The van der Waals surface area contributed by atoms with E-state index in [2.05, 4.69) is 11.9 Å². The van der Waals surface area contributed by atoms with E-state index in [1.165, 1.54) is 26.8 Å². The minimum atomic E-state index is -1.48. The van der Waals surface area contributed by atoms with Gasteiger partial charge >= 0.3 is 17.9 Å². The van der Waals surface area contributed by atoms with Crippen molar-refractivity contribution in [2.45, 2.75) is 84.3 Å². The standard InChI is InChI=1S/C34H43NO8/c1-19-12-11-15-26-30(42-23(5)37)21(3)20(2)29-27(18-25-13-9-8-10-14-25)35-32(40)34(26,29)28(41-22(4)36)16-17-33(7,31(19)39)43-24(6)38/h8-11,13-17,19-20,26-31,39H,3,12,18H2,1-2,4-7H3,(H,35,40)/b15-11+,17-16+/t19-,20+,26-,27-,28+,29-,30+,31-,33+,34+/m0/s1. The van der Waals surface area contributed by atoms with Gasteiger partial charge in [0, 0.05) is 38.6 Å². The van der Waals surface area contributed by atoms with Gasteiger partial charge in [-0.1, -0.05) is 62.9 Å². The van der Waals surface area contributed by atoms with Gasteiger partial charge in [0.15, 0.2) is 5.60 Å². The van der Waals surface area contributed by atoms with Crippen molar-refractivity contribution < 1.29 is 38.5 Å². The van der Waals surface area contributed by atoms with Crippen LogP contribution in [-0.2, 0) is 39.8 Å². The van der Waals surface area contributed by atoms with Crippen LogP contribution in [0, 0.1) is 29.1 Å². The molecule has 0 unspecified atom stereocenters. The summed E-state index contributed by atoms with van der Waals surface area (Å²) < 4.78 is 17.5. The van der Waals surface area contributed by atoms with E-state index < -0.39 is 59.1 Å². The second-order valence-corrected chi connectivity index (χ2v) is 12.4. The lowest BCUT2D eigenvalue weighted by Gasteiger charge is -2.53. The molecule has 4 rings (SSSR count). The van der Waals surface area contributed by atoms with Gasteiger partial charge in [0.25, 0.3) is 0 Å². The quantitative estimate of drug-likeness (QED) is 0.299. The van der Waals surface area contributed by atoms with Crippen molar-refractivity contribution >= 4 is 23.8 Å². The summed E-state index contributed by atoms with van der Waals surface area (Å²) in [6.45, 7) is 13.6. The number of hydrogen-bond donors (Lipinski definition) is 2. The lowest BCUT2D eigenvalue weighted by molar-refractivity contribution is -0.174. The zero-order valence-corrected chi connectivity index (χ0v) is 25.7. The molecule has 1 aromatic carbocycles. The van der Waals surface area contributed by atoms with Crippen molar-refractivity contribution in [3.8, 4) is 0 Å². The molecule has 1 aromatic rings. The summed E-state index contributed by atoms with van der Waals surface area (Å²) in [5.74, 6) is -3.99. The van der Waals surface area contributed by atoms with Crippen molar-refractivity contribution in [3.05, 3.63) is 72.4 Å². The van der Waals surface area contributed by atoms with Crippen LogP contribution < -0.4 is 5.32 Å². The Morgan fingerprint density at radius 1 is 1.02 bits per heavy atom. The Bertz CT molecular complexity index is 1320. The van der Waals surface area contributed by atoms with Crippen molar-refractivity contribution in [2.24, 2.45) is 29.1 Å². The lowest BCUT2D eigenvalue weighted by Crippen LogP contribution is -2.61. The number of carbonyl (C=O) groups excluding carboxylic acids is 4. The fourth-order valence-electron chi connectivity index (χ4n) is 7.51. The maximum atomic E-state index is 14.6. The smallest absolute Gasteiger partial charge is 0.303 e. The van der Waals surface area contributed by atoms with Crippen LogP contribution in [0.2, 0.25) is 0 Å². The second kappa shape index (κ2) is 12.5. The number of rotatable bonds is 5. The van der Waals surface area contributed by atoms with Crippen molar-refractivity contribution in [1.29, 1.82) is 0 Å². The normalized spacial score (nSPS) is 38.8. The third-order valence-corrected chi connectivity index (χ3v) is 9.36. The number of aliphatic hydroxyl groups is 1. The van der Waals surface area contributed by atoms with Gasteiger partial charge in [-0.25, -0.2) is 0 Å². The third-order valence-electron chi connectivity index (χ3n) is 9.36. The van der Waals surface area contributed by atoms with Crippen LogP contribution in [0.25, 0.3) is 0 Å². The molecule has 1 aliphatic heterocycles. The van der Waals surface area contributed by atoms with Gasteiger partial charge in [0.05, 0.1) is 6.10 Å². The number of allylic oxidation sites excluding steroid dienone is 1. The van der Waals surface area contributed by atoms with Crippen LogP contribution >= 0.6 is 0 Å². The molecule has 43 heavy (non-hydrogen) atoms. The van der Waals surface area contributed by atoms with Gasteiger partial charge in [-0.05, 0) is 54.9 Å². The summed E-state index contributed by atoms with van der Waals surface area (Å²) >= 11 is 0. The molecule has 1 heterocycles. The fourth-order valence-corrected chi connectivity index (χ4v) is 7.51. The molecule has 0 radical (unpaired) electrons. The third kappa shape index (κ3) is 6.05. The number of carbonyl (C=O) groups is 4. The monoisotopic (exact) mass is 593 g/mol.